The Kier molecular flexibility index (Phi) is 6.87. The molecule has 0 amide bonds. The molecule has 1 atom stereocenters. The Labute approximate surface area is 108 Å². The third-order valence-electron chi connectivity index (χ3n) is 2.46. The van der Waals surface area contributed by atoms with Crippen LogP contribution in [0.25, 0.3) is 0 Å². The van der Waals surface area contributed by atoms with Crippen molar-refractivity contribution in [2.75, 3.05) is 6.61 Å². The summed E-state index contributed by atoms with van der Waals surface area (Å²) in [7, 11) is 0. The van der Waals surface area contributed by atoms with Gasteiger partial charge in [-0.2, -0.15) is 0 Å². The number of carboxylic acids is 1. The maximum Gasteiger partial charge on any atom is 0.373 e. The molecule has 4 heteroatoms. The van der Waals surface area contributed by atoms with E-state index in [0.29, 0.717) is 12.4 Å². The number of benzene rings is 1. The van der Waals surface area contributed by atoms with E-state index in [1.807, 2.05) is 6.07 Å². The van der Waals surface area contributed by atoms with E-state index in [4.69, 9.17) is 14.6 Å². The normalized spacial score (nSPS) is 12.1. The second kappa shape index (κ2) is 8.53. The third-order valence-corrected chi connectivity index (χ3v) is 2.46. The number of aliphatic carboxylic acids is 1. The van der Waals surface area contributed by atoms with Crippen LogP contribution in [-0.4, -0.2) is 24.0 Å². The highest BCUT2D eigenvalue weighted by molar-refractivity contribution is 5.71. The predicted octanol–water partition coefficient (Wildman–Crippen LogP) is 3.07. The number of ether oxygens (including phenoxy) is 2. The van der Waals surface area contributed by atoms with Crippen molar-refractivity contribution in [1.82, 2.24) is 0 Å². The van der Waals surface area contributed by atoms with E-state index >= 15 is 0 Å². The van der Waals surface area contributed by atoms with Gasteiger partial charge in [0, 0.05) is 0 Å². The van der Waals surface area contributed by atoms with Crippen LogP contribution in [0, 0.1) is 0 Å². The SMILES string of the molecule is CCCCCCOC(Oc1ccccc1)C(=O)O. The van der Waals surface area contributed by atoms with Crippen LogP contribution in [0.1, 0.15) is 32.6 Å². The van der Waals surface area contributed by atoms with Crippen molar-refractivity contribution in [3.8, 4) is 5.75 Å². The lowest BCUT2D eigenvalue weighted by molar-refractivity contribution is -0.171. The van der Waals surface area contributed by atoms with Gasteiger partial charge in [0.15, 0.2) is 0 Å². The molecule has 0 bridgehead atoms. The van der Waals surface area contributed by atoms with E-state index in [1.165, 1.54) is 0 Å². The maximum absolute atomic E-state index is 11.0. The summed E-state index contributed by atoms with van der Waals surface area (Å²) >= 11 is 0. The smallest absolute Gasteiger partial charge is 0.373 e. The number of carbonyl (C=O) groups is 1. The van der Waals surface area contributed by atoms with Gasteiger partial charge in [-0.3, -0.25) is 0 Å². The standard InChI is InChI=1S/C14H20O4/c1-2-3-4-8-11-17-14(13(15)16)18-12-9-6-5-7-10-12/h5-7,9-10,14H,2-4,8,11H2,1H3,(H,15,16). The van der Waals surface area contributed by atoms with E-state index < -0.39 is 12.3 Å². The summed E-state index contributed by atoms with van der Waals surface area (Å²) in [4.78, 5) is 11.0. The van der Waals surface area contributed by atoms with Gasteiger partial charge in [-0.05, 0) is 18.6 Å². The van der Waals surface area contributed by atoms with Gasteiger partial charge in [0.1, 0.15) is 5.75 Å². The highest BCUT2D eigenvalue weighted by atomic mass is 16.7. The van der Waals surface area contributed by atoms with Crippen molar-refractivity contribution in [3.05, 3.63) is 30.3 Å². The molecule has 0 aliphatic rings. The quantitative estimate of drug-likeness (QED) is 0.542. The van der Waals surface area contributed by atoms with Gasteiger partial charge in [0.25, 0.3) is 6.29 Å². The Hall–Kier alpha value is -1.55. The first kappa shape index (κ1) is 14.5. The number of hydrogen-bond acceptors (Lipinski definition) is 3. The number of rotatable bonds is 9. The van der Waals surface area contributed by atoms with Gasteiger partial charge in [-0.15, -0.1) is 0 Å². The van der Waals surface area contributed by atoms with Crippen molar-refractivity contribution in [2.24, 2.45) is 0 Å². The summed E-state index contributed by atoms with van der Waals surface area (Å²) < 4.78 is 10.5. The third kappa shape index (κ3) is 5.68. The first-order valence-electron chi connectivity index (χ1n) is 6.30. The van der Waals surface area contributed by atoms with Crippen molar-refractivity contribution < 1.29 is 19.4 Å². The molecule has 0 spiro atoms. The summed E-state index contributed by atoms with van der Waals surface area (Å²) in [5, 5.41) is 8.99. The molecule has 0 aliphatic carbocycles. The Bertz CT molecular complexity index is 337. The van der Waals surface area contributed by atoms with Gasteiger partial charge in [-0.1, -0.05) is 44.4 Å². The van der Waals surface area contributed by atoms with Crippen LogP contribution in [0.4, 0.5) is 0 Å². The lowest BCUT2D eigenvalue weighted by Gasteiger charge is -2.15. The van der Waals surface area contributed by atoms with Crippen molar-refractivity contribution in [2.45, 2.75) is 38.9 Å². The fraction of sp³-hybridized carbons (Fsp3) is 0.500. The molecule has 1 aromatic rings. The molecule has 0 aromatic heterocycles. The van der Waals surface area contributed by atoms with Gasteiger partial charge >= 0.3 is 5.97 Å². The molecule has 0 saturated heterocycles. The monoisotopic (exact) mass is 252 g/mol. The minimum absolute atomic E-state index is 0.407. The van der Waals surface area contributed by atoms with Gasteiger partial charge in [0.2, 0.25) is 0 Å². The van der Waals surface area contributed by atoms with Gasteiger partial charge in [-0.25, -0.2) is 4.79 Å². The molecule has 0 heterocycles. The summed E-state index contributed by atoms with van der Waals surface area (Å²) in [6.45, 7) is 2.53. The highest BCUT2D eigenvalue weighted by Crippen LogP contribution is 2.12. The first-order valence-corrected chi connectivity index (χ1v) is 6.30. The molecule has 0 fully saturated rings. The molecule has 4 nitrogen and oxygen atoms in total. The van der Waals surface area contributed by atoms with Crippen LogP contribution in [0.5, 0.6) is 5.75 Å². The second-order valence-corrected chi connectivity index (χ2v) is 4.03. The zero-order chi connectivity index (χ0) is 13.2. The minimum Gasteiger partial charge on any atom is -0.477 e. The molecule has 0 radical (unpaired) electrons. The minimum atomic E-state index is -1.23. The zero-order valence-corrected chi connectivity index (χ0v) is 10.7. The van der Waals surface area contributed by atoms with Crippen molar-refractivity contribution >= 4 is 5.97 Å². The summed E-state index contributed by atoms with van der Waals surface area (Å²) in [6, 6.07) is 8.83. The predicted molar refractivity (Wildman–Crippen MR) is 68.6 cm³/mol. The molecule has 100 valence electrons. The molecule has 1 unspecified atom stereocenters. The molecule has 18 heavy (non-hydrogen) atoms. The molecule has 0 saturated carbocycles. The second-order valence-electron chi connectivity index (χ2n) is 4.03. The Morgan fingerprint density at radius 2 is 1.94 bits per heavy atom. The van der Waals surface area contributed by atoms with Gasteiger partial charge < -0.3 is 14.6 Å². The Morgan fingerprint density at radius 3 is 2.56 bits per heavy atom. The van der Waals surface area contributed by atoms with Crippen LogP contribution < -0.4 is 4.74 Å². The van der Waals surface area contributed by atoms with E-state index in [0.717, 1.165) is 25.7 Å². The molecule has 0 aliphatic heterocycles. The van der Waals surface area contributed by atoms with E-state index in [2.05, 4.69) is 6.92 Å². The fourth-order valence-corrected chi connectivity index (χ4v) is 1.50. The van der Waals surface area contributed by atoms with Crippen LogP contribution in [0.15, 0.2) is 30.3 Å². The zero-order valence-electron chi connectivity index (χ0n) is 10.7. The summed E-state index contributed by atoms with van der Waals surface area (Å²) in [6.07, 6.45) is 2.96. The van der Waals surface area contributed by atoms with Crippen LogP contribution in [0.3, 0.4) is 0 Å². The van der Waals surface area contributed by atoms with E-state index in [-0.39, 0.29) is 0 Å². The van der Waals surface area contributed by atoms with Crippen LogP contribution in [-0.2, 0) is 9.53 Å². The lowest BCUT2D eigenvalue weighted by atomic mass is 10.2. The van der Waals surface area contributed by atoms with Crippen molar-refractivity contribution in [1.29, 1.82) is 0 Å². The molecular weight excluding hydrogens is 232 g/mol. The van der Waals surface area contributed by atoms with E-state index in [1.54, 1.807) is 24.3 Å². The largest absolute Gasteiger partial charge is 0.477 e. The average Bonchev–Trinajstić information content (AvgIpc) is 2.38. The number of unbranched alkanes of at least 4 members (excludes halogenated alkanes) is 3. The van der Waals surface area contributed by atoms with Crippen molar-refractivity contribution in [3.63, 3.8) is 0 Å². The summed E-state index contributed by atoms with van der Waals surface area (Å²) in [5.74, 6) is -0.604. The summed E-state index contributed by atoms with van der Waals surface area (Å²) in [5.41, 5.74) is 0. The Morgan fingerprint density at radius 1 is 1.22 bits per heavy atom. The fourth-order valence-electron chi connectivity index (χ4n) is 1.50. The number of para-hydroxylation sites is 1. The van der Waals surface area contributed by atoms with Crippen LogP contribution >= 0.6 is 0 Å². The highest BCUT2D eigenvalue weighted by Gasteiger charge is 2.19. The molecule has 1 N–H and O–H groups in total. The van der Waals surface area contributed by atoms with Gasteiger partial charge in [0.05, 0.1) is 6.61 Å². The van der Waals surface area contributed by atoms with E-state index in [9.17, 15) is 4.79 Å². The lowest BCUT2D eigenvalue weighted by Crippen LogP contribution is -2.30. The first-order chi connectivity index (χ1) is 8.74. The maximum atomic E-state index is 11.0. The Balaban J connectivity index is 2.34. The molecular formula is C14H20O4. The topological polar surface area (TPSA) is 55.8 Å². The number of hydrogen-bond donors (Lipinski definition) is 1. The van der Waals surface area contributed by atoms with Crippen LogP contribution in [0.2, 0.25) is 0 Å². The number of carboxylic acid groups (broad SMARTS) is 1. The molecule has 1 aromatic carbocycles. The average molecular weight is 252 g/mol. The molecule has 1 rings (SSSR count).